The summed E-state index contributed by atoms with van der Waals surface area (Å²) in [7, 11) is 0. The number of hydrogen-bond acceptors (Lipinski definition) is 8. The van der Waals surface area contributed by atoms with E-state index in [1.807, 2.05) is 23.2 Å². The van der Waals surface area contributed by atoms with Crippen molar-refractivity contribution in [2.75, 3.05) is 36.9 Å². The maximum atomic E-state index is 10.9. The normalized spacial score (nSPS) is 15.5. The van der Waals surface area contributed by atoms with Gasteiger partial charge in [0.15, 0.2) is 6.29 Å². The van der Waals surface area contributed by atoms with Gasteiger partial charge in [-0.1, -0.05) is 6.07 Å². The van der Waals surface area contributed by atoms with E-state index in [9.17, 15) is 4.79 Å². The van der Waals surface area contributed by atoms with Crippen molar-refractivity contribution in [2.24, 2.45) is 0 Å². The molecule has 8 heteroatoms. The first-order chi connectivity index (χ1) is 10.8. The first kappa shape index (κ1) is 14.4. The number of carbonyl (C=O) groups is 1. The number of rotatable bonds is 4. The monoisotopic (exact) mass is 299 g/mol. The molecule has 0 saturated carbocycles. The summed E-state index contributed by atoms with van der Waals surface area (Å²) in [4.78, 5) is 23.8. The highest BCUT2D eigenvalue weighted by Crippen LogP contribution is 2.23. The molecule has 0 unspecified atom stereocenters. The molecule has 0 spiro atoms. The molecule has 22 heavy (non-hydrogen) atoms. The van der Waals surface area contributed by atoms with Crippen molar-refractivity contribution >= 4 is 23.9 Å². The minimum atomic E-state index is 0.163. The van der Waals surface area contributed by atoms with Crippen molar-refractivity contribution in [3.63, 3.8) is 0 Å². The molecule has 1 aliphatic rings. The number of hydrogen-bond donors (Lipinski definition) is 2. The molecule has 1 aliphatic heterocycles. The van der Waals surface area contributed by atoms with Crippen molar-refractivity contribution in [3.05, 3.63) is 36.2 Å². The predicted molar refractivity (Wildman–Crippen MR) is 82.7 cm³/mol. The quantitative estimate of drug-likeness (QED) is 0.774. The topological polar surface area (TPSA) is 100 Å². The Balaban J connectivity index is 2.01. The maximum Gasteiger partial charge on any atom is 0.248 e. The van der Waals surface area contributed by atoms with Gasteiger partial charge in [-0.2, -0.15) is 4.98 Å². The van der Waals surface area contributed by atoms with Gasteiger partial charge in [0, 0.05) is 38.6 Å². The summed E-state index contributed by atoms with van der Waals surface area (Å²) in [5, 5.41) is 7.25. The van der Waals surface area contributed by atoms with Crippen LogP contribution in [0.25, 0.3) is 0 Å². The number of piperazine rings is 1. The van der Waals surface area contributed by atoms with E-state index in [0.717, 1.165) is 26.2 Å². The molecule has 0 aliphatic carbocycles. The van der Waals surface area contributed by atoms with Crippen molar-refractivity contribution in [2.45, 2.75) is 0 Å². The van der Waals surface area contributed by atoms with E-state index < -0.39 is 0 Å². The lowest BCUT2D eigenvalue weighted by Gasteiger charge is -2.36. The third kappa shape index (κ3) is 2.87. The highest BCUT2D eigenvalue weighted by Gasteiger charge is 2.24. The molecule has 2 aromatic heterocycles. The van der Waals surface area contributed by atoms with Crippen molar-refractivity contribution in [1.29, 1.82) is 0 Å². The minimum absolute atomic E-state index is 0.163. The van der Waals surface area contributed by atoms with Gasteiger partial charge in [-0.15, -0.1) is 0 Å². The van der Waals surface area contributed by atoms with Gasteiger partial charge >= 0.3 is 0 Å². The first-order valence-corrected chi connectivity index (χ1v) is 7.04. The molecular weight excluding hydrogens is 282 g/mol. The smallest absolute Gasteiger partial charge is 0.248 e. The molecule has 0 amide bonds. The molecule has 0 bridgehead atoms. The van der Waals surface area contributed by atoms with E-state index in [-0.39, 0.29) is 11.4 Å². The molecule has 3 heterocycles. The lowest BCUT2D eigenvalue weighted by molar-refractivity contribution is 0.112. The number of nitrogens with two attached hydrogens (primary N) is 1. The third-order valence-electron chi connectivity index (χ3n) is 3.39. The Labute approximate surface area is 128 Å². The first-order valence-electron chi connectivity index (χ1n) is 7.04. The Kier molecular flexibility index (Phi) is 4.22. The molecule has 0 aromatic carbocycles. The number of nitrogen functional groups attached to an aromatic ring is 1. The lowest BCUT2D eigenvalue weighted by atomic mass is 10.3. The van der Waals surface area contributed by atoms with Crippen LogP contribution in [0.5, 0.6) is 0 Å². The Morgan fingerprint density at radius 2 is 2.09 bits per heavy atom. The number of aromatic nitrogens is 3. The fourth-order valence-corrected chi connectivity index (χ4v) is 2.29. The highest BCUT2D eigenvalue weighted by molar-refractivity contribution is 5.81. The summed E-state index contributed by atoms with van der Waals surface area (Å²) in [6.45, 7) is 3.33. The van der Waals surface area contributed by atoms with Gasteiger partial charge in [-0.3, -0.25) is 4.79 Å². The Morgan fingerprint density at radius 3 is 2.73 bits per heavy atom. The standard InChI is InChI=1S/C14H17N7O/c15-13-11(10-22)9-18-14(19-13)21(12-3-1-2-4-17-12)20-7-5-16-6-8-20/h1-4,9-10,16H,5-8H2,(H2,15,18,19). The van der Waals surface area contributed by atoms with Crippen molar-refractivity contribution < 1.29 is 4.79 Å². The fraction of sp³-hybridized carbons (Fsp3) is 0.286. The average Bonchev–Trinajstić information content (AvgIpc) is 2.57. The van der Waals surface area contributed by atoms with Gasteiger partial charge in [0.2, 0.25) is 5.95 Å². The number of carbonyl (C=O) groups excluding carboxylic acids is 1. The van der Waals surface area contributed by atoms with Crippen LogP contribution in [0.4, 0.5) is 17.6 Å². The Morgan fingerprint density at radius 1 is 1.27 bits per heavy atom. The van der Waals surface area contributed by atoms with Crippen LogP contribution in [-0.4, -0.2) is 52.4 Å². The van der Waals surface area contributed by atoms with E-state index in [0.29, 0.717) is 18.1 Å². The number of nitrogens with zero attached hydrogens (tertiary/aromatic N) is 5. The lowest BCUT2D eigenvalue weighted by Crippen LogP contribution is -2.51. The Bertz CT molecular complexity index is 643. The van der Waals surface area contributed by atoms with Crippen LogP contribution in [0.2, 0.25) is 0 Å². The summed E-state index contributed by atoms with van der Waals surface area (Å²) in [5.41, 5.74) is 6.10. The second-order valence-corrected chi connectivity index (χ2v) is 4.83. The van der Waals surface area contributed by atoms with E-state index in [4.69, 9.17) is 5.73 Å². The molecule has 0 radical (unpaired) electrons. The van der Waals surface area contributed by atoms with E-state index in [1.165, 1.54) is 6.20 Å². The molecule has 1 fully saturated rings. The zero-order chi connectivity index (χ0) is 15.4. The van der Waals surface area contributed by atoms with Gasteiger partial charge in [0.1, 0.15) is 11.6 Å². The highest BCUT2D eigenvalue weighted by atomic mass is 16.1. The predicted octanol–water partition coefficient (Wildman–Crippen LogP) is 0.225. The van der Waals surface area contributed by atoms with E-state index >= 15 is 0 Å². The van der Waals surface area contributed by atoms with Crippen LogP contribution in [0.3, 0.4) is 0 Å². The van der Waals surface area contributed by atoms with E-state index in [2.05, 4.69) is 25.3 Å². The third-order valence-corrected chi connectivity index (χ3v) is 3.39. The number of pyridine rings is 1. The van der Waals surface area contributed by atoms with Crippen LogP contribution < -0.4 is 16.1 Å². The molecule has 2 aromatic rings. The number of hydrazine groups is 1. The fourth-order valence-electron chi connectivity index (χ4n) is 2.29. The van der Waals surface area contributed by atoms with Gasteiger partial charge < -0.3 is 11.1 Å². The van der Waals surface area contributed by atoms with Gasteiger partial charge in [0.05, 0.1) is 5.56 Å². The molecule has 3 N–H and O–H groups in total. The second kappa shape index (κ2) is 6.46. The van der Waals surface area contributed by atoms with E-state index in [1.54, 1.807) is 6.20 Å². The molecule has 114 valence electrons. The van der Waals surface area contributed by atoms with Crippen molar-refractivity contribution in [1.82, 2.24) is 25.3 Å². The zero-order valence-electron chi connectivity index (χ0n) is 12.0. The number of aldehydes is 1. The summed E-state index contributed by atoms with van der Waals surface area (Å²) in [5.74, 6) is 1.28. The average molecular weight is 299 g/mol. The SMILES string of the molecule is Nc1nc(N(c2ccccn2)N2CCNCC2)ncc1C=O. The van der Waals surface area contributed by atoms with Crippen LogP contribution in [0, 0.1) is 0 Å². The summed E-state index contributed by atoms with van der Waals surface area (Å²) in [6, 6.07) is 5.64. The van der Waals surface area contributed by atoms with Crippen LogP contribution in [0.15, 0.2) is 30.6 Å². The Hall–Kier alpha value is -2.58. The summed E-state index contributed by atoms with van der Waals surface area (Å²) >= 11 is 0. The second-order valence-electron chi connectivity index (χ2n) is 4.83. The number of anilines is 3. The van der Waals surface area contributed by atoms with Crippen LogP contribution in [0.1, 0.15) is 10.4 Å². The van der Waals surface area contributed by atoms with Gasteiger partial charge in [0.25, 0.3) is 0 Å². The summed E-state index contributed by atoms with van der Waals surface area (Å²) < 4.78 is 0. The van der Waals surface area contributed by atoms with Crippen LogP contribution in [-0.2, 0) is 0 Å². The van der Waals surface area contributed by atoms with Crippen LogP contribution >= 0.6 is 0 Å². The molecular formula is C14H17N7O. The largest absolute Gasteiger partial charge is 0.383 e. The zero-order valence-corrected chi connectivity index (χ0v) is 12.0. The maximum absolute atomic E-state index is 10.9. The van der Waals surface area contributed by atoms with Crippen molar-refractivity contribution in [3.8, 4) is 0 Å². The minimum Gasteiger partial charge on any atom is -0.383 e. The van der Waals surface area contributed by atoms with Gasteiger partial charge in [-0.05, 0) is 12.1 Å². The molecule has 1 saturated heterocycles. The molecule has 0 atom stereocenters. The molecule has 8 nitrogen and oxygen atoms in total. The number of nitrogens with one attached hydrogen (secondary N) is 1. The van der Waals surface area contributed by atoms with Gasteiger partial charge in [-0.25, -0.2) is 20.0 Å². The summed E-state index contributed by atoms with van der Waals surface area (Å²) in [6.07, 6.45) is 3.80. The molecule has 3 rings (SSSR count).